The van der Waals surface area contributed by atoms with E-state index in [2.05, 4.69) is 70.9 Å². The van der Waals surface area contributed by atoms with Crippen LogP contribution in [0.3, 0.4) is 0 Å². The van der Waals surface area contributed by atoms with Gasteiger partial charge in [0.2, 0.25) is 5.91 Å². The molecule has 0 spiro atoms. The van der Waals surface area contributed by atoms with E-state index < -0.39 is 6.10 Å². The van der Waals surface area contributed by atoms with Crippen LogP contribution < -0.4 is 5.32 Å². The second-order valence-electron chi connectivity index (χ2n) is 10.5. The molecular formula is C32H44N2O5. The Labute approximate surface area is 233 Å². The molecule has 0 aromatic heterocycles. The van der Waals surface area contributed by atoms with Crippen molar-refractivity contribution in [3.63, 3.8) is 0 Å². The van der Waals surface area contributed by atoms with E-state index in [1.807, 2.05) is 6.07 Å². The number of amides is 1. The number of hydrogen-bond acceptors (Lipinski definition) is 6. The molecule has 1 saturated heterocycles. The number of aliphatic hydroxyl groups is 1. The molecule has 2 N–H and O–H groups in total. The summed E-state index contributed by atoms with van der Waals surface area (Å²) < 4.78 is 17.0. The molecule has 39 heavy (non-hydrogen) atoms. The standard InChI is InChI=1S/C32H44N2O5/c1-37-20-17-33-31(36)12-8-3-2-7-11-28-30(23-29(35)32(28)34-18-21-38-22-19-34)39-24-25-13-15-27(16-14-25)26-9-5-4-6-10-26/h2,4-7,9-10,13-16,28-30,32,35H,3,8,11-12,17-24H2,1H3,(H,33,36)/b7-2-/t28-,29+,30-,32+/m0/s1. The van der Waals surface area contributed by atoms with Crippen LogP contribution in [0.2, 0.25) is 0 Å². The molecular weight excluding hydrogens is 492 g/mol. The maximum absolute atomic E-state index is 11.9. The number of benzene rings is 2. The van der Waals surface area contributed by atoms with Gasteiger partial charge in [-0.1, -0.05) is 66.7 Å². The van der Waals surface area contributed by atoms with Gasteiger partial charge in [-0.3, -0.25) is 9.69 Å². The van der Waals surface area contributed by atoms with Crippen LogP contribution in [-0.4, -0.2) is 80.7 Å². The minimum Gasteiger partial charge on any atom is -0.391 e. The first kappa shape index (κ1) is 29.4. The van der Waals surface area contributed by atoms with Gasteiger partial charge >= 0.3 is 0 Å². The largest absolute Gasteiger partial charge is 0.391 e. The number of methoxy groups -OCH3 is 1. The Morgan fingerprint density at radius 3 is 2.56 bits per heavy atom. The predicted octanol–water partition coefficient (Wildman–Crippen LogP) is 4.20. The van der Waals surface area contributed by atoms with E-state index in [-0.39, 0.29) is 24.0 Å². The van der Waals surface area contributed by atoms with Gasteiger partial charge in [0.1, 0.15) is 0 Å². The molecule has 4 rings (SSSR count). The molecule has 1 aliphatic heterocycles. The summed E-state index contributed by atoms with van der Waals surface area (Å²) in [6.45, 7) is 4.71. The van der Waals surface area contributed by atoms with Crippen molar-refractivity contribution in [2.24, 2.45) is 5.92 Å². The number of morpholine rings is 1. The normalized spacial score (nSPS) is 23.8. The SMILES string of the molecule is COCCNC(=O)CCC/C=C\C[C@@H]1[C@@H](N2CCOCC2)[C@H](O)C[C@@H]1OCc1ccc(-c2ccccc2)cc1. The van der Waals surface area contributed by atoms with Crippen LogP contribution in [-0.2, 0) is 25.6 Å². The van der Waals surface area contributed by atoms with Crippen LogP contribution in [0.5, 0.6) is 0 Å². The smallest absolute Gasteiger partial charge is 0.220 e. The summed E-state index contributed by atoms with van der Waals surface area (Å²) in [5.74, 6) is 0.271. The Morgan fingerprint density at radius 1 is 1.08 bits per heavy atom. The Morgan fingerprint density at radius 2 is 1.82 bits per heavy atom. The minimum atomic E-state index is -0.414. The third kappa shape index (κ3) is 8.98. The highest BCUT2D eigenvalue weighted by atomic mass is 16.5. The second kappa shape index (κ2) is 15.9. The first-order valence-corrected chi connectivity index (χ1v) is 14.3. The van der Waals surface area contributed by atoms with E-state index in [4.69, 9.17) is 14.2 Å². The van der Waals surface area contributed by atoms with Crippen molar-refractivity contribution in [1.82, 2.24) is 10.2 Å². The van der Waals surface area contributed by atoms with Gasteiger partial charge in [0, 0.05) is 51.5 Å². The third-order valence-corrected chi connectivity index (χ3v) is 7.75. The monoisotopic (exact) mass is 536 g/mol. The first-order chi connectivity index (χ1) is 19.2. The van der Waals surface area contributed by atoms with Gasteiger partial charge in [0.25, 0.3) is 0 Å². The van der Waals surface area contributed by atoms with E-state index in [1.165, 1.54) is 11.1 Å². The number of unbranched alkanes of at least 4 members (excludes halogenated alkanes) is 1. The molecule has 1 heterocycles. The maximum atomic E-state index is 11.9. The summed E-state index contributed by atoms with van der Waals surface area (Å²) in [6, 6.07) is 19.0. The van der Waals surface area contributed by atoms with Gasteiger partial charge < -0.3 is 24.6 Å². The lowest BCUT2D eigenvalue weighted by Gasteiger charge is -2.37. The number of hydrogen-bond donors (Lipinski definition) is 2. The van der Waals surface area contributed by atoms with Crippen molar-refractivity contribution >= 4 is 5.91 Å². The summed E-state index contributed by atoms with van der Waals surface area (Å²) in [4.78, 5) is 14.3. The van der Waals surface area contributed by atoms with Crippen LogP contribution >= 0.6 is 0 Å². The zero-order chi connectivity index (χ0) is 27.3. The predicted molar refractivity (Wildman–Crippen MR) is 153 cm³/mol. The van der Waals surface area contributed by atoms with Crippen molar-refractivity contribution < 1.29 is 24.1 Å². The number of aliphatic hydroxyl groups excluding tert-OH is 1. The average Bonchev–Trinajstić information content (AvgIpc) is 3.29. The van der Waals surface area contributed by atoms with Gasteiger partial charge in [-0.2, -0.15) is 0 Å². The Hall–Kier alpha value is -2.55. The third-order valence-electron chi connectivity index (χ3n) is 7.75. The zero-order valence-corrected chi connectivity index (χ0v) is 23.2. The number of nitrogens with one attached hydrogen (secondary N) is 1. The fourth-order valence-electron chi connectivity index (χ4n) is 5.69. The van der Waals surface area contributed by atoms with Crippen LogP contribution in [0.4, 0.5) is 0 Å². The van der Waals surface area contributed by atoms with E-state index in [9.17, 15) is 9.90 Å². The number of carbonyl (C=O) groups excluding carboxylic acids is 1. The van der Waals surface area contributed by atoms with E-state index in [1.54, 1.807) is 7.11 Å². The zero-order valence-electron chi connectivity index (χ0n) is 23.2. The van der Waals surface area contributed by atoms with E-state index >= 15 is 0 Å². The molecule has 2 aliphatic rings. The lowest BCUT2D eigenvalue weighted by atomic mass is 9.94. The number of nitrogens with zero attached hydrogens (tertiary/aromatic N) is 1. The maximum Gasteiger partial charge on any atom is 0.220 e. The van der Waals surface area contributed by atoms with Crippen molar-refractivity contribution in [3.8, 4) is 11.1 Å². The molecule has 0 radical (unpaired) electrons. The molecule has 212 valence electrons. The molecule has 0 unspecified atom stereocenters. The molecule has 2 aromatic carbocycles. The average molecular weight is 537 g/mol. The molecule has 2 aromatic rings. The van der Waals surface area contributed by atoms with Crippen LogP contribution in [0, 0.1) is 5.92 Å². The van der Waals surface area contributed by atoms with Crippen molar-refractivity contribution in [3.05, 3.63) is 72.3 Å². The molecule has 4 atom stereocenters. The van der Waals surface area contributed by atoms with Gasteiger partial charge in [-0.05, 0) is 36.0 Å². The highest BCUT2D eigenvalue weighted by Crippen LogP contribution is 2.36. The first-order valence-electron chi connectivity index (χ1n) is 14.3. The van der Waals surface area contributed by atoms with Crippen molar-refractivity contribution in [2.45, 2.75) is 57.0 Å². The van der Waals surface area contributed by atoms with E-state index in [0.29, 0.717) is 45.8 Å². The summed E-state index contributed by atoms with van der Waals surface area (Å²) >= 11 is 0. The van der Waals surface area contributed by atoms with E-state index in [0.717, 1.165) is 37.9 Å². The molecule has 7 nitrogen and oxygen atoms in total. The van der Waals surface area contributed by atoms with Gasteiger partial charge in [0.15, 0.2) is 0 Å². The molecule has 1 amide bonds. The summed E-state index contributed by atoms with van der Waals surface area (Å²) in [6.07, 6.45) is 7.62. The number of ether oxygens (including phenoxy) is 3. The Bertz CT molecular complexity index is 1010. The molecule has 7 heteroatoms. The topological polar surface area (TPSA) is 80.3 Å². The number of rotatable bonds is 14. The minimum absolute atomic E-state index is 0.0159. The summed E-state index contributed by atoms with van der Waals surface area (Å²) in [5, 5.41) is 14.0. The van der Waals surface area contributed by atoms with Crippen LogP contribution in [0.25, 0.3) is 11.1 Å². The lowest BCUT2D eigenvalue weighted by molar-refractivity contribution is -0.121. The quantitative estimate of drug-likeness (QED) is 0.278. The Balaban J connectivity index is 1.31. The molecule has 1 saturated carbocycles. The Kier molecular flexibility index (Phi) is 12.0. The summed E-state index contributed by atoms with van der Waals surface area (Å²) in [5.41, 5.74) is 3.53. The summed E-state index contributed by atoms with van der Waals surface area (Å²) in [7, 11) is 1.63. The van der Waals surface area contributed by atoms with Gasteiger partial charge in [0.05, 0.1) is 38.6 Å². The van der Waals surface area contributed by atoms with Gasteiger partial charge in [-0.15, -0.1) is 0 Å². The van der Waals surface area contributed by atoms with Crippen molar-refractivity contribution in [1.29, 1.82) is 0 Å². The highest BCUT2D eigenvalue weighted by Gasteiger charge is 2.45. The number of allylic oxidation sites excluding steroid dienone is 2. The van der Waals surface area contributed by atoms with Gasteiger partial charge in [-0.25, -0.2) is 0 Å². The van der Waals surface area contributed by atoms with Crippen LogP contribution in [0.1, 0.15) is 37.7 Å². The molecule has 1 aliphatic carbocycles. The fourth-order valence-corrected chi connectivity index (χ4v) is 5.69. The van der Waals surface area contributed by atoms with Crippen molar-refractivity contribution in [2.75, 3.05) is 46.6 Å². The lowest BCUT2D eigenvalue weighted by Crippen LogP contribution is -2.50. The molecule has 2 fully saturated rings. The second-order valence-corrected chi connectivity index (χ2v) is 10.5. The van der Waals surface area contributed by atoms with Crippen LogP contribution in [0.15, 0.2) is 66.7 Å². The molecule has 0 bridgehead atoms. The number of carbonyl (C=O) groups is 1. The fraction of sp³-hybridized carbons (Fsp3) is 0.531. The highest BCUT2D eigenvalue weighted by molar-refractivity contribution is 5.75.